The van der Waals surface area contributed by atoms with Gasteiger partial charge >= 0.3 is 0 Å². The number of phenolic OH excluding ortho intramolecular Hbond substituents is 1. The molecule has 2 heterocycles. The second kappa shape index (κ2) is 9.76. The Morgan fingerprint density at radius 2 is 1.71 bits per heavy atom. The molecule has 35 heavy (non-hydrogen) atoms. The van der Waals surface area contributed by atoms with E-state index in [1.165, 1.54) is 23.3 Å². The van der Waals surface area contributed by atoms with Crippen molar-refractivity contribution in [1.82, 2.24) is 10.2 Å². The molecular weight excluding hydrogens is 448 g/mol. The van der Waals surface area contributed by atoms with Gasteiger partial charge in [0.2, 0.25) is 0 Å². The van der Waals surface area contributed by atoms with Crippen LogP contribution in [0.25, 0.3) is 0 Å². The molecule has 9 nitrogen and oxygen atoms in total. The number of furan rings is 1. The number of hydrogen-bond acceptors (Lipinski definition) is 7. The third-order valence-electron chi connectivity index (χ3n) is 5.64. The summed E-state index contributed by atoms with van der Waals surface area (Å²) in [5.74, 6) is -1.26. The lowest BCUT2D eigenvalue weighted by Crippen LogP contribution is -2.34. The lowest BCUT2D eigenvalue weighted by Gasteiger charge is -2.18. The van der Waals surface area contributed by atoms with Crippen LogP contribution in [0.2, 0.25) is 0 Å². The van der Waals surface area contributed by atoms with E-state index < -0.39 is 17.7 Å². The molecule has 9 heteroatoms. The van der Waals surface area contributed by atoms with Crippen molar-refractivity contribution < 1.29 is 23.9 Å². The summed E-state index contributed by atoms with van der Waals surface area (Å²) in [6.45, 7) is 1.92. The Morgan fingerprint density at radius 1 is 1.00 bits per heavy atom. The highest BCUT2D eigenvalue weighted by Gasteiger charge is 2.41. The molecule has 0 aliphatic carbocycles. The van der Waals surface area contributed by atoms with E-state index in [-0.39, 0.29) is 34.4 Å². The molecule has 180 valence electrons. The number of hydrogen-bond donors (Lipinski definition) is 3. The van der Waals surface area contributed by atoms with E-state index in [0.29, 0.717) is 17.9 Å². The minimum absolute atomic E-state index is 0.0332. The van der Waals surface area contributed by atoms with E-state index in [1.807, 2.05) is 6.92 Å². The summed E-state index contributed by atoms with van der Waals surface area (Å²) >= 11 is 0. The van der Waals surface area contributed by atoms with E-state index in [4.69, 9.17) is 4.42 Å². The molecular formula is C26H26N4O5. The Hall–Kier alpha value is -4.53. The summed E-state index contributed by atoms with van der Waals surface area (Å²) in [6, 6.07) is 16.3. The van der Waals surface area contributed by atoms with Gasteiger partial charge in [-0.05, 0) is 42.8 Å². The van der Waals surface area contributed by atoms with E-state index in [2.05, 4.69) is 10.6 Å². The summed E-state index contributed by atoms with van der Waals surface area (Å²) in [6.07, 6.45) is 2.12. The number of anilines is 2. The van der Waals surface area contributed by atoms with Gasteiger partial charge in [-0.25, -0.2) is 4.90 Å². The van der Waals surface area contributed by atoms with Crippen LogP contribution >= 0.6 is 0 Å². The minimum atomic E-state index is -0.596. The Labute approximate surface area is 202 Å². The van der Waals surface area contributed by atoms with Crippen LogP contribution in [0.4, 0.5) is 11.4 Å². The van der Waals surface area contributed by atoms with E-state index >= 15 is 0 Å². The third-order valence-corrected chi connectivity index (χ3v) is 5.64. The van der Waals surface area contributed by atoms with Crippen molar-refractivity contribution in [1.29, 1.82) is 0 Å². The number of amides is 3. The van der Waals surface area contributed by atoms with Crippen LogP contribution in [0, 0.1) is 0 Å². The van der Waals surface area contributed by atoms with Gasteiger partial charge in [-0.15, -0.1) is 0 Å². The van der Waals surface area contributed by atoms with Crippen LogP contribution in [0.1, 0.15) is 35.5 Å². The zero-order valence-corrected chi connectivity index (χ0v) is 19.6. The smallest absolute Gasteiger partial charge is 0.284 e. The standard InChI is InChI=1S/C26H26N4O5/c1-4-18(20-14-9-15-35-20)27-21-22(26(34)30(25(21)33)16-10-6-5-7-11-16)28-19-13-8-12-17(23(19)31)24(32)29(2)3/h5-15,18,27-28,31H,4H2,1-3H3/t18-/m1/s1. The quantitative estimate of drug-likeness (QED) is 0.337. The van der Waals surface area contributed by atoms with Crippen LogP contribution in [0.5, 0.6) is 5.75 Å². The molecule has 1 atom stereocenters. The first kappa shape index (κ1) is 23.6. The van der Waals surface area contributed by atoms with Crippen molar-refractivity contribution in [3.63, 3.8) is 0 Å². The molecule has 0 saturated carbocycles. The number of rotatable bonds is 8. The van der Waals surface area contributed by atoms with Gasteiger partial charge in [0.05, 0.1) is 29.2 Å². The van der Waals surface area contributed by atoms with Crippen molar-refractivity contribution in [2.24, 2.45) is 0 Å². The second-order valence-electron chi connectivity index (χ2n) is 8.18. The van der Waals surface area contributed by atoms with Gasteiger partial charge in [-0.2, -0.15) is 0 Å². The van der Waals surface area contributed by atoms with Crippen LogP contribution in [-0.4, -0.2) is 41.8 Å². The summed E-state index contributed by atoms with van der Waals surface area (Å²) in [5, 5.41) is 16.8. The van der Waals surface area contributed by atoms with Gasteiger partial charge in [-0.1, -0.05) is 31.2 Å². The molecule has 1 aliphatic heterocycles. The maximum atomic E-state index is 13.5. The first-order chi connectivity index (χ1) is 16.8. The van der Waals surface area contributed by atoms with Gasteiger partial charge in [0, 0.05) is 14.1 Å². The zero-order chi connectivity index (χ0) is 25.1. The average Bonchev–Trinajstić information content (AvgIpc) is 3.46. The lowest BCUT2D eigenvalue weighted by atomic mass is 10.1. The van der Waals surface area contributed by atoms with Gasteiger partial charge in [0.15, 0.2) is 5.75 Å². The van der Waals surface area contributed by atoms with Crippen molar-refractivity contribution >= 4 is 29.1 Å². The maximum absolute atomic E-state index is 13.5. The van der Waals surface area contributed by atoms with E-state index in [0.717, 1.165) is 4.90 Å². The molecule has 4 rings (SSSR count). The normalized spacial score (nSPS) is 14.3. The molecule has 0 unspecified atom stereocenters. The van der Waals surface area contributed by atoms with E-state index in [1.54, 1.807) is 62.6 Å². The largest absolute Gasteiger partial charge is 0.505 e. The van der Waals surface area contributed by atoms with Crippen molar-refractivity contribution in [3.05, 3.63) is 89.6 Å². The van der Waals surface area contributed by atoms with Gasteiger partial charge in [0.1, 0.15) is 17.2 Å². The molecule has 0 bridgehead atoms. The molecule has 3 amide bonds. The van der Waals surface area contributed by atoms with Crippen LogP contribution < -0.4 is 15.5 Å². The average molecular weight is 475 g/mol. The summed E-state index contributed by atoms with van der Waals surface area (Å²) in [5.41, 5.74) is 0.577. The Bertz CT molecular complexity index is 1280. The number of imide groups is 1. The van der Waals surface area contributed by atoms with Crippen molar-refractivity contribution in [2.75, 3.05) is 24.3 Å². The molecule has 3 aromatic rings. The molecule has 0 spiro atoms. The highest BCUT2D eigenvalue weighted by Crippen LogP contribution is 2.34. The monoisotopic (exact) mass is 474 g/mol. The zero-order valence-electron chi connectivity index (χ0n) is 19.6. The number of nitrogens with one attached hydrogen (secondary N) is 2. The number of phenols is 1. The Balaban J connectivity index is 1.77. The number of aromatic hydroxyl groups is 1. The fourth-order valence-corrected chi connectivity index (χ4v) is 3.82. The Morgan fingerprint density at radius 3 is 2.34 bits per heavy atom. The van der Waals surface area contributed by atoms with Crippen molar-refractivity contribution in [2.45, 2.75) is 19.4 Å². The number of carbonyl (C=O) groups is 3. The molecule has 0 saturated heterocycles. The fourth-order valence-electron chi connectivity index (χ4n) is 3.82. The number of nitrogens with zero attached hydrogens (tertiary/aromatic N) is 2. The first-order valence-electron chi connectivity index (χ1n) is 11.1. The fraction of sp³-hybridized carbons (Fsp3) is 0.192. The highest BCUT2D eigenvalue weighted by atomic mass is 16.3. The topological polar surface area (TPSA) is 115 Å². The predicted molar refractivity (Wildman–Crippen MR) is 131 cm³/mol. The Kier molecular flexibility index (Phi) is 6.59. The molecule has 2 aromatic carbocycles. The van der Waals surface area contributed by atoms with Crippen LogP contribution in [-0.2, 0) is 9.59 Å². The van der Waals surface area contributed by atoms with Gasteiger partial charge in [-0.3, -0.25) is 14.4 Å². The van der Waals surface area contributed by atoms with Crippen molar-refractivity contribution in [3.8, 4) is 5.75 Å². The number of benzene rings is 2. The van der Waals surface area contributed by atoms with Gasteiger partial charge < -0.3 is 25.1 Å². The predicted octanol–water partition coefficient (Wildman–Crippen LogP) is 3.62. The molecule has 1 aliphatic rings. The van der Waals surface area contributed by atoms with Gasteiger partial charge in [0.25, 0.3) is 17.7 Å². The second-order valence-corrected chi connectivity index (χ2v) is 8.18. The minimum Gasteiger partial charge on any atom is -0.505 e. The molecule has 0 fully saturated rings. The molecule has 3 N–H and O–H groups in total. The highest BCUT2D eigenvalue weighted by molar-refractivity contribution is 6.33. The van der Waals surface area contributed by atoms with Crippen LogP contribution in [0.15, 0.2) is 82.7 Å². The third kappa shape index (κ3) is 4.48. The summed E-state index contributed by atoms with van der Waals surface area (Å²) < 4.78 is 5.51. The number of carbonyl (C=O) groups excluding carboxylic acids is 3. The van der Waals surface area contributed by atoms with Crippen LogP contribution in [0.3, 0.4) is 0 Å². The molecule has 1 aromatic heterocycles. The summed E-state index contributed by atoms with van der Waals surface area (Å²) in [4.78, 5) is 41.8. The SMILES string of the molecule is CC[C@@H](NC1=C(Nc2cccc(C(=O)N(C)C)c2O)C(=O)N(c2ccccc2)C1=O)c1ccco1. The summed E-state index contributed by atoms with van der Waals surface area (Å²) in [7, 11) is 3.14. The first-order valence-corrected chi connectivity index (χ1v) is 11.1. The lowest BCUT2D eigenvalue weighted by molar-refractivity contribution is -0.120. The molecule has 0 radical (unpaired) electrons. The number of para-hydroxylation sites is 2. The van der Waals surface area contributed by atoms with E-state index in [9.17, 15) is 19.5 Å². The maximum Gasteiger partial charge on any atom is 0.284 e.